The van der Waals surface area contributed by atoms with E-state index in [4.69, 9.17) is 9.47 Å². The molecule has 1 saturated heterocycles. The largest absolute Gasteiger partial charge is 0.491 e. The van der Waals surface area contributed by atoms with Crippen LogP contribution in [0, 0.1) is 0 Å². The molecule has 0 amide bonds. The third-order valence-electron chi connectivity index (χ3n) is 4.07. The maximum atomic E-state index is 10.3. The van der Waals surface area contributed by atoms with E-state index >= 15 is 0 Å². The van der Waals surface area contributed by atoms with Gasteiger partial charge in [-0.15, -0.1) is 0 Å². The molecule has 1 heterocycles. The molecular formula is C18H29NO3. The van der Waals surface area contributed by atoms with E-state index in [9.17, 15) is 5.11 Å². The van der Waals surface area contributed by atoms with Gasteiger partial charge >= 0.3 is 0 Å². The summed E-state index contributed by atoms with van der Waals surface area (Å²) >= 11 is 0. The molecule has 0 aliphatic carbocycles. The molecule has 1 aromatic carbocycles. The Hall–Kier alpha value is -1.10. The molecular weight excluding hydrogens is 278 g/mol. The Morgan fingerprint density at radius 1 is 1.27 bits per heavy atom. The summed E-state index contributed by atoms with van der Waals surface area (Å²) < 4.78 is 11.4. The number of hydrogen-bond donors (Lipinski definition) is 1. The zero-order chi connectivity index (χ0) is 15.8. The average Bonchev–Trinajstić information content (AvgIpc) is 2.54. The smallest absolute Gasteiger partial charge is 0.119 e. The van der Waals surface area contributed by atoms with Gasteiger partial charge in [0.1, 0.15) is 18.5 Å². The van der Waals surface area contributed by atoms with Crippen LogP contribution >= 0.6 is 0 Å². The summed E-state index contributed by atoms with van der Waals surface area (Å²) in [5, 5.41) is 10.3. The van der Waals surface area contributed by atoms with Crippen LogP contribution in [-0.4, -0.2) is 54.6 Å². The van der Waals surface area contributed by atoms with Gasteiger partial charge in [0.05, 0.1) is 6.10 Å². The van der Waals surface area contributed by atoms with Crippen molar-refractivity contribution in [3.63, 3.8) is 0 Å². The highest BCUT2D eigenvalue weighted by Gasteiger charge is 2.21. The molecule has 2 atom stereocenters. The second-order valence-corrected chi connectivity index (χ2v) is 6.31. The van der Waals surface area contributed by atoms with E-state index in [0.29, 0.717) is 25.3 Å². The van der Waals surface area contributed by atoms with Crippen molar-refractivity contribution in [3.05, 3.63) is 30.3 Å². The number of benzene rings is 1. The fourth-order valence-corrected chi connectivity index (χ4v) is 2.74. The third-order valence-corrected chi connectivity index (χ3v) is 4.07. The minimum Gasteiger partial charge on any atom is -0.491 e. The summed E-state index contributed by atoms with van der Waals surface area (Å²) in [4.78, 5) is 2.29. The predicted octanol–water partition coefficient (Wildman–Crippen LogP) is 2.71. The van der Waals surface area contributed by atoms with E-state index in [1.165, 1.54) is 12.8 Å². The number of nitrogens with zero attached hydrogens (tertiary/aromatic N) is 1. The van der Waals surface area contributed by atoms with E-state index in [1.807, 2.05) is 30.3 Å². The quantitative estimate of drug-likeness (QED) is 0.802. The molecule has 124 valence electrons. The maximum Gasteiger partial charge on any atom is 0.119 e. The van der Waals surface area contributed by atoms with Gasteiger partial charge in [-0.3, -0.25) is 4.90 Å². The lowest BCUT2D eigenvalue weighted by Gasteiger charge is -2.33. The Morgan fingerprint density at radius 3 is 2.68 bits per heavy atom. The fraction of sp³-hybridized carbons (Fsp3) is 0.667. The summed E-state index contributed by atoms with van der Waals surface area (Å²) in [5.41, 5.74) is 0. The van der Waals surface area contributed by atoms with Crippen molar-refractivity contribution in [2.75, 3.05) is 26.3 Å². The summed E-state index contributed by atoms with van der Waals surface area (Å²) in [6.45, 7) is 7.01. The standard InChI is InChI=1S/C18H29NO3/c1-15(2)19(13-18-10-6-7-11-21-18)12-16(20)14-22-17-8-4-3-5-9-17/h3-5,8-9,15-16,18,20H,6-7,10-14H2,1-2H3. The van der Waals surface area contributed by atoms with Crippen LogP contribution in [0.4, 0.5) is 0 Å². The monoisotopic (exact) mass is 307 g/mol. The zero-order valence-corrected chi connectivity index (χ0v) is 13.8. The molecule has 0 bridgehead atoms. The van der Waals surface area contributed by atoms with Gasteiger partial charge in [-0.05, 0) is 45.2 Å². The van der Waals surface area contributed by atoms with Gasteiger partial charge in [-0.2, -0.15) is 0 Å². The molecule has 1 N–H and O–H groups in total. The van der Waals surface area contributed by atoms with Crippen molar-refractivity contribution in [1.29, 1.82) is 0 Å². The van der Waals surface area contributed by atoms with E-state index in [0.717, 1.165) is 25.3 Å². The summed E-state index contributed by atoms with van der Waals surface area (Å²) in [7, 11) is 0. The molecule has 4 nitrogen and oxygen atoms in total. The normalized spacial score (nSPS) is 20.3. The minimum atomic E-state index is -0.494. The average molecular weight is 307 g/mol. The van der Waals surface area contributed by atoms with E-state index in [2.05, 4.69) is 18.7 Å². The SMILES string of the molecule is CC(C)N(CC(O)COc1ccccc1)CC1CCCCO1. The zero-order valence-electron chi connectivity index (χ0n) is 13.8. The van der Waals surface area contributed by atoms with Gasteiger partial charge < -0.3 is 14.6 Å². The third kappa shape index (κ3) is 5.95. The van der Waals surface area contributed by atoms with Crippen LogP contribution in [0.2, 0.25) is 0 Å². The molecule has 0 spiro atoms. The van der Waals surface area contributed by atoms with Crippen LogP contribution in [0.25, 0.3) is 0 Å². The molecule has 1 fully saturated rings. The Morgan fingerprint density at radius 2 is 2.05 bits per heavy atom. The lowest BCUT2D eigenvalue weighted by molar-refractivity contribution is -0.0238. The Bertz CT molecular complexity index is 404. The predicted molar refractivity (Wildman–Crippen MR) is 88.2 cm³/mol. The van der Waals surface area contributed by atoms with E-state index < -0.39 is 6.10 Å². The molecule has 22 heavy (non-hydrogen) atoms. The van der Waals surface area contributed by atoms with Crippen molar-refractivity contribution >= 4 is 0 Å². The number of ether oxygens (including phenoxy) is 2. The van der Waals surface area contributed by atoms with Gasteiger partial charge in [0.2, 0.25) is 0 Å². The van der Waals surface area contributed by atoms with Crippen LogP contribution in [0.3, 0.4) is 0 Å². The Kier molecular flexibility index (Phi) is 7.16. The Balaban J connectivity index is 1.76. The van der Waals surface area contributed by atoms with Crippen molar-refractivity contribution in [2.45, 2.75) is 51.4 Å². The molecule has 2 unspecified atom stereocenters. The van der Waals surface area contributed by atoms with Gasteiger partial charge in [0.15, 0.2) is 0 Å². The summed E-state index contributed by atoms with van der Waals surface area (Å²) in [6, 6.07) is 10.0. The van der Waals surface area contributed by atoms with Crippen molar-refractivity contribution in [1.82, 2.24) is 4.90 Å². The number of hydrogen-bond acceptors (Lipinski definition) is 4. The van der Waals surface area contributed by atoms with Gasteiger partial charge in [-0.1, -0.05) is 18.2 Å². The van der Waals surface area contributed by atoms with Crippen LogP contribution < -0.4 is 4.74 Å². The van der Waals surface area contributed by atoms with Gasteiger partial charge in [0.25, 0.3) is 0 Å². The Labute approximate surface area is 134 Å². The first kappa shape index (κ1) is 17.3. The molecule has 0 aromatic heterocycles. The first-order chi connectivity index (χ1) is 10.6. The summed E-state index contributed by atoms with van der Waals surface area (Å²) in [5.74, 6) is 0.799. The molecule has 4 heteroatoms. The molecule has 1 aromatic rings. The lowest BCUT2D eigenvalue weighted by Crippen LogP contribution is -2.44. The highest BCUT2D eigenvalue weighted by Crippen LogP contribution is 2.15. The first-order valence-corrected chi connectivity index (χ1v) is 8.36. The van der Waals surface area contributed by atoms with Gasteiger partial charge in [0, 0.05) is 25.7 Å². The first-order valence-electron chi connectivity index (χ1n) is 8.36. The fourth-order valence-electron chi connectivity index (χ4n) is 2.74. The van der Waals surface area contributed by atoms with Crippen molar-refractivity contribution in [2.24, 2.45) is 0 Å². The highest BCUT2D eigenvalue weighted by atomic mass is 16.5. The molecule has 1 aliphatic heterocycles. The van der Waals surface area contributed by atoms with Crippen LogP contribution in [0.1, 0.15) is 33.1 Å². The molecule has 0 saturated carbocycles. The molecule has 2 rings (SSSR count). The topological polar surface area (TPSA) is 41.9 Å². The summed E-state index contributed by atoms with van der Waals surface area (Å²) in [6.07, 6.45) is 3.35. The number of rotatable bonds is 8. The van der Waals surface area contributed by atoms with Crippen LogP contribution in [-0.2, 0) is 4.74 Å². The number of aliphatic hydroxyl groups excluding tert-OH is 1. The second-order valence-electron chi connectivity index (χ2n) is 6.31. The van der Waals surface area contributed by atoms with Crippen molar-refractivity contribution < 1.29 is 14.6 Å². The number of para-hydroxylation sites is 1. The number of aliphatic hydroxyl groups is 1. The van der Waals surface area contributed by atoms with Crippen LogP contribution in [0.5, 0.6) is 5.75 Å². The van der Waals surface area contributed by atoms with E-state index in [1.54, 1.807) is 0 Å². The minimum absolute atomic E-state index is 0.304. The van der Waals surface area contributed by atoms with Gasteiger partial charge in [-0.25, -0.2) is 0 Å². The second kappa shape index (κ2) is 9.13. The van der Waals surface area contributed by atoms with E-state index in [-0.39, 0.29) is 0 Å². The molecule has 0 radical (unpaired) electrons. The highest BCUT2D eigenvalue weighted by molar-refractivity contribution is 5.20. The lowest BCUT2D eigenvalue weighted by atomic mass is 10.1. The molecule has 1 aliphatic rings. The van der Waals surface area contributed by atoms with Crippen LogP contribution in [0.15, 0.2) is 30.3 Å². The van der Waals surface area contributed by atoms with Crippen molar-refractivity contribution in [3.8, 4) is 5.75 Å². The maximum absolute atomic E-state index is 10.3.